The van der Waals surface area contributed by atoms with Crippen molar-refractivity contribution in [1.29, 1.82) is 0 Å². The fourth-order valence-corrected chi connectivity index (χ4v) is 6.05. The lowest BCUT2D eigenvalue weighted by Crippen LogP contribution is -2.31. The molecule has 0 atom stereocenters. The third-order valence-corrected chi connectivity index (χ3v) is 7.70. The average Bonchev–Trinajstić information content (AvgIpc) is 3.51. The third kappa shape index (κ3) is 4.94. The molecule has 29 heavy (non-hydrogen) atoms. The van der Waals surface area contributed by atoms with E-state index in [-0.39, 0.29) is 5.91 Å². The summed E-state index contributed by atoms with van der Waals surface area (Å²) in [5, 5.41) is 12.1. The first kappa shape index (κ1) is 20.7. The molecule has 0 aromatic carbocycles. The zero-order chi connectivity index (χ0) is 20.1. The number of amides is 1. The molecule has 7 heteroatoms. The second kappa shape index (κ2) is 9.94. The number of carbonyl (C=O) groups excluding carboxylic acids is 1. The number of hydrogen-bond acceptors (Lipinski definition) is 5. The van der Waals surface area contributed by atoms with Crippen molar-refractivity contribution in [3.63, 3.8) is 0 Å². The maximum absolute atomic E-state index is 12.9. The number of carbonyl (C=O) groups is 1. The molecule has 2 heterocycles. The summed E-state index contributed by atoms with van der Waals surface area (Å²) in [7, 11) is 0. The van der Waals surface area contributed by atoms with Gasteiger partial charge in [0.15, 0.2) is 5.16 Å². The molecular weight excluding hydrogens is 400 g/mol. The van der Waals surface area contributed by atoms with Gasteiger partial charge >= 0.3 is 0 Å². The largest absolute Gasteiger partial charge is 0.316 e. The van der Waals surface area contributed by atoms with Crippen LogP contribution in [0, 0.1) is 0 Å². The van der Waals surface area contributed by atoms with Gasteiger partial charge in [-0.25, -0.2) is 0 Å². The van der Waals surface area contributed by atoms with Gasteiger partial charge in [-0.3, -0.25) is 4.79 Å². The van der Waals surface area contributed by atoms with E-state index in [0.29, 0.717) is 11.8 Å². The SMILES string of the molecule is CCN(C(=O)CSc1nnc(Cc2cccs2)n1C1CCCCC1)C1=CCCC1. The van der Waals surface area contributed by atoms with Crippen LogP contribution in [0.5, 0.6) is 0 Å². The summed E-state index contributed by atoms with van der Waals surface area (Å²) in [4.78, 5) is 16.2. The first-order chi connectivity index (χ1) is 14.3. The van der Waals surface area contributed by atoms with Gasteiger partial charge in [0, 0.05) is 29.6 Å². The lowest BCUT2D eigenvalue weighted by Gasteiger charge is -2.26. The van der Waals surface area contributed by atoms with E-state index in [0.717, 1.165) is 43.2 Å². The summed E-state index contributed by atoms with van der Waals surface area (Å²) >= 11 is 3.33. The molecule has 0 bridgehead atoms. The molecule has 5 nitrogen and oxygen atoms in total. The van der Waals surface area contributed by atoms with E-state index in [2.05, 4.69) is 45.3 Å². The molecule has 1 saturated carbocycles. The lowest BCUT2D eigenvalue weighted by atomic mass is 9.95. The van der Waals surface area contributed by atoms with Crippen molar-refractivity contribution < 1.29 is 4.79 Å². The Morgan fingerprint density at radius 3 is 2.83 bits per heavy atom. The van der Waals surface area contributed by atoms with Crippen LogP contribution in [0.25, 0.3) is 0 Å². The summed E-state index contributed by atoms with van der Waals surface area (Å²) in [5.74, 6) is 1.65. The highest BCUT2D eigenvalue weighted by Gasteiger charge is 2.25. The molecule has 2 aromatic heterocycles. The first-order valence-corrected chi connectivity index (χ1v) is 12.7. The van der Waals surface area contributed by atoms with Crippen LogP contribution in [0.1, 0.15) is 75.0 Å². The molecule has 0 unspecified atom stereocenters. The van der Waals surface area contributed by atoms with Gasteiger partial charge in [0.25, 0.3) is 0 Å². The Hall–Kier alpha value is -1.60. The Morgan fingerprint density at radius 2 is 2.14 bits per heavy atom. The fourth-order valence-electron chi connectivity index (χ4n) is 4.44. The summed E-state index contributed by atoms with van der Waals surface area (Å²) in [6.07, 6.45) is 12.5. The van der Waals surface area contributed by atoms with Crippen molar-refractivity contribution in [3.05, 3.63) is 40.0 Å². The molecule has 0 radical (unpaired) electrons. The molecule has 0 spiro atoms. The van der Waals surface area contributed by atoms with E-state index in [4.69, 9.17) is 0 Å². The maximum Gasteiger partial charge on any atom is 0.237 e. The van der Waals surface area contributed by atoms with Crippen molar-refractivity contribution in [2.24, 2.45) is 0 Å². The second-order valence-electron chi connectivity index (χ2n) is 7.83. The first-order valence-electron chi connectivity index (χ1n) is 10.8. The van der Waals surface area contributed by atoms with E-state index in [1.807, 2.05) is 4.90 Å². The minimum absolute atomic E-state index is 0.184. The van der Waals surface area contributed by atoms with Crippen molar-refractivity contribution in [3.8, 4) is 0 Å². The molecule has 1 fully saturated rings. The van der Waals surface area contributed by atoms with Crippen LogP contribution in [-0.2, 0) is 11.2 Å². The maximum atomic E-state index is 12.9. The summed E-state index contributed by atoms with van der Waals surface area (Å²) in [5.41, 5.74) is 1.20. The molecular formula is C22H30N4OS2. The van der Waals surface area contributed by atoms with Gasteiger partial charge in [-0.15, -0.1) is 21.5 Å². The van der Waals surface area contributed by atoms with E-state index < -0.39 is 0 Å². The molecule has 2 aromatic rings. The molecule has 2 aliphatic carbocycles. The van der Waals surface area contributed by atoms with Crippen LogP contribution < -0.4 is 0 Å². The van der Waals surface area contributed by atoms with Crippen LogP contribution in [-0.4, -0.2) is 37.9 Å². The summed E-state index contributed by atoms with van der Waals surface area (Å²) in [6.45, 7) is 2.80. The van der Waals surface area contributed by atoms with Crippen LogP contribution in [0.15, 0.2) is 34.4 Å². The minimum Gasteiger partial charge on any atom is -0.316 e. The second-order valence-corrected chi connectivity index (χ2v) is 9.81. The number of allylic oxidation sites excluding steroid dienone is 2. The zero-order valence-electron chi connectivity index (χ0n) is 17.2. The topological polar surface area (TPSA) is 51.0 Å². The standard InChI is InChI=1S/C22H30N4OS2/c1-2-25(17-9-6-7-10-17)21(27)16-29-22-24-23-20(15-19-13-8-14-28-19)26(22)18-11-4-3-5-12-18/h8-9,13-14,18H,2-7,10-12,15-16H2,1H3. The summed E-state index contributed by atoms with van der Waals surface area (Å²) < 4.78 is 2.35. The van der Waals surface area contributed by atoms with Gasteiger partial charge in [-0.1, -0.05) is 43.2 Å². The normalized spacial score (nSPS) is 17.5. The molecule has 0 saturated heterocycles. The third-order valence-electron chi connectivity index (χ3n) is 5.89. The van der Waals surface area contributed by atoms with E-state index in [1.54, 1.807) is 23.1 Å². The molecule has 4 rings (SSSR count). The van der Waals surface area contributed by atoms with Crippen molar-refractivity contribution >= 4 is 29.0 Å². The molecule has 2 aliphatic rings. The zero-order valence-corrected chi connectivity index (χ0v) is 18.8. The predicted octanol–water partition coefficient (Wildman–Crippen LogP) is 5.44. The quantitative estimate of drug-likeness (QED) is 0.523. The lowest BCUT2D eigenvalue weighted by molar-refractivity contribution is -0.126. The van der Waals surface area contributed by atoms with Crippen molar-refractivity contribution in [1.82, 2.24) is 19.7 Å². The van der Waals surface area contributed by atoms with Crippen molar-refractivity contribution in [2.75, 3.05) is 12.3 Å². The Kier molecular flexibility index (Phi) is 7.08. The van der Waals surface area contributed by atoms with Crippen molar-refractivity contribution in [2.45, 2.75) is 75.9 Å². The number of aromatic nitrogens is 3. The van der Waals surface area contributed by atoms with E-state index in [1.165, 1.54) is 42.7 Å². The highest BCUT2D eigenvalue weighted by molar-refractivity contribution is 7.99. The Morgan fingerprint density at radius 1 is 1.28 bits per heavy atom. The highest BCUT2D eigenvalue weighted by atomic mass is 32.2. The number of rotatable bonds is 8. The number of nitrogens with zero attached hydrogens (tertiary/aromatic N) is 4. The van der Waals surface area contributed by atoms with Gasteiger partial charge in [-0.2, -0.15) is 0 Å². The Bertz CT molecular complexity index is 837. The number of hydrogen-bond donors (Lipinski definition) is 0. The van der Waals surface area contributed by atoms with Crippen LogP contribution >= 0.6 is 23.1 Å². The molecule has 0 N–H and O–H groups in total. The van der Waals surface area contributed by atoms with Crippen LogP contribution in [0.2, 0.25) is 0 Å². The van der Waals surface area contributed by atoms with Crippen LogP contribution in [0.3, 0.4) is 0 Å². The minimum atomic E-state index is 0.184. The number of thiophene rings is 1. The van der Waals surface area contributed by atoms with Gasteiger partial charge < -0.3 is 9.47 Å². The van der Waals surface area contributed by atoms with E-state index >= 15 is 0 Å². The van der Waals surface area contributed by atoms with Gasteiger partial charge in [0.1, 0.15) is 5.82 Å². The Labute approximate surface area is 181 Å². The van der Waals surface area contributed by atoms with Gasteiger partial charge in [0.05, 0.1) is 5.75 Å². The highest BCUT2D eigenvalue weighted by Crippen LogP contribution is 2.34. The number of thioether (sulfide) groups is 1. The molecule has 0 aliphatic heterocycles. The Balaban J connectivity index is 1.50. The summed E-state index contributed by atoms with van der Waals surface area (Å²) in [6, 6.07) is 4.72. The fraction of sp³-hybridized carbons (Fsp3) is 0.591. The predicted molar refractivity (Wildman–Crippen MR) is 119 cm³/mol. The monoisotopic (exact) mass is 430 g/mol. The average molecular weight is 431 g/mol. The molecule has 156 valence electrons. The van der Waals surface area contributed by atoms with Gasteiger partial charge in [0.2, 0.25) is 5.91 Å². The smallest absolute Gasteiger partial charge is 0.237 e. The molecule has 1 amide bonds. The van der Waals surface area contributed by atoms with E-state index in [9.17, 15) is 4.79 Å². The van der Waals surface area contributed by atoms with Gasteiger partial charge in [-0.05, 0) is 50.5 Å². The van der Waals surface area contributed by atoms with Crippen LogP contribution in [0.4, 0.5) is 0 Å².